The lowest BCUT2D eigenvalue weighted by molar-refractivity contribution is -0.131. The summed E-state index contributed by atoms with van der Waals surface area (Å²) < 4.78 is 54.4. The lowest BCUT2D eigenvalue weighted by Crippen LogP contribution is -2.35. The second kappa shape index (κ2) is 10.6. The fraction of sp³-hybridized carbons (Fsp3) is 0.129. The molecule has 3 aliphatic carbocycles. The fourth-order valence-corrected chi connectivity index (χ4v) is 4.17. The molecule has 0 radical (unpaired) electrons. The van der Waals surface area contributed by atoms with Crippen LogP contribution in [-0.4, -0.2) is 18.9 Å². The van der Waals surface area contributed by atoms with E-state index < -0.39 is 46.1 Å². The topological polar surface area (TPSA) is 76.7 Å². The Kier molecular flexibility index (Phi) is 7.07. The molecule has 5 rings (SSSR count). The minimum absolute atomic E-state index is 0.188. The number of rotatable bonds is 7. The van der Waals surface area contributed by atoms with Gasteiger partial charge in [-0.1, -0.05) is 18.7 Å². The number of amides is 2. The second-order valence-corrected chi connectivity index (χ2v) is 9.29. The average Bonchev–Trinajstić information content (AvgIpc) is 3.77. The molecule has 0 aromatic heterocycles. The van der Waals surface area contributed by atoms with Crippen LogP contribution in [0.1, 0.15) is 12.8 Å². The van der Waals surface area contributed by atoms with Gasteiger partial charge < -0.3 is 20.1 Å². The molecule has 0 aliphatic heterocycles. The van der Waals surface area contributed by atoms with Gasteiger partial charge in [-0.2, -0.15) is 0 Å². The van der Waals surface area contributed by atoms with Gasteiger partial charge in [0.2, 0.25) is 11.8 Å². The smallest absolute Gasteiger partial charge is 0.240 e. The van der Waals surface area contributed by atoms with Gasteiger partial charge in [-0.25, -0.2) is 13.2 Å². The lowest BCUT2D eigenvalue weighted by atomic mass is 9.99. The van der Waals surface area contributed by atoms with E-state index in [0.29, 0.717) is 28.2 Å². The molecular weight excluding hydrogens is 521 g/mol. The number of anilines is 2. The fourth-order valence-electron chi connectivity index (χ4n) is 4.17. The summed E-state index contributed by atoms with van der Waals surface area (Å²) in [5.74, 6) is -3.46. The standard InChI is InChI=1S/C31H23F3N2O4/c1-18-5-3-8-27(22-7-4-6-21(39-2)15-23(18)22)40-28-17-24(33)26(16-25(28)34)36-30(38)31(13-14-31)29(37)35-20-11-9-19(32)10-12-20/h3-6,8-12,15-17H,1,13-14H2,2H3,(H,35,37)(H,36,38). The van der Waals surface area contributed by atoms with Gasteiger partial charge in [0.25, 0.3) is 0 Å². The number of allylic oxidation sites excluding steroid dienone is 7. The first kappa shape index (κ1) is 26.6. The van der Waals surface area contributed by atoms with Crippen molar-refractivity contribution in [1.82, 2.24) is 0 Å². The molecule has 1 fully saturated rings. The molecule has 9 heteroatoms. The Bertz CT molecular complexity index is 1620. The number of halogens is 3. The lowest BCUT2D eigenvalue weighted by Gasteiger charge is -2.17. The van der Waals surface area contributed by atoms with Crippen LogP contribution in [0.25, 0.3) is 0 Å². The molecule has 0 saturated heterocycles. The largest absolute Gasteiger partial charge is 0.497 e. The van der Waals surface area contributed by atoms with Gasteiger partial charge in [-0.15, -0.1) is 5.73 Å². The van der Waals surface area contributed by atoms with E-state index in [-0.39, 0.29) is 18.6 Å². The van der Waals surface area contributed by atoms with Crippen LogP contribution < -0.4 is 15.4 Å². The van der Waals surface area contributed by atoms with Crippen LogP contribution in [0.3, 0.4) is 0 Å². The van der Waals surface area contributed by atoms with Crippen LogP contribution in [0, 0.1) is 22.9 Å². The summed E-state index contributed by atoms with van der Waals surface area (Å²) in [6.07, 6.45) is 10.5. The van der Waals surface area contributed by atoms with Crippen molar-refractivity contribution in [2.24, 2.45) is 5.41 Å². The Balaban J connectivity index is 1.33. The van der Waals surface area contributed by atoms with E-state index in [1.54, 1.807) is 36.5 Å². The molecule has 0 unspecified atom stereocenters. The number of hydrogen-bond acceptors (Lipinski definition) is 4. The maximum atomic E-state index is 15.1. The summed E-state index contributed by atoms with van der Waals surface area (Å²) in [6.45, 7) is 4.03. The van der Waals surface area contributed by atoms with Crippen LogP contribution in [-0.2, 0) is 14.3 Å². The van der Waals surface area contributed by atoms with Crippen LogP contribution in [0.4, 0.5) is 24.5 Å². The highest BCUT2D eigenvalue weighted by Crippen LogP contribution is 2.48. The molecule has 6 nitrogen and oxygen atoms in total. The molecule has 1 saturated carbocycles. The van der Waals surface area contributed by atoms with Gasteiger partial charge in [-0.05, 0) is 67.0 Å². The van der Waals surface area contributed by atoms with E-state index in [2.05, 4.69) is 22.9 Å². The van der Waals surface area contributed by atoms with Crippen molar-refractivity contribution in [2.45, 2.75) is 12.8 Å². The van der Waals surface area contributed by atoms with E-state index in [1.165, 1.54) is 31.4 Å². The number of methoxy groups -OCH3 is 1. The van der Waals surface area contributed by atoms with Gasteiger partial charge in [0.05, 0.1) is 18.4 Å². The summed E-state index contributed by atoms with van der Waals surface area (Å²) in [5, 5.41) is 4.88. The summed E-state index contributed by atoms with van der Waals surface area (Å²) in [6, 6.07) is 6.66. The van der Waals surface area contributed by atoms with Crippen LogP contribution in [0.15, 0.2) is 113 Å². The maximum absolute atomic E-state index is 15.1. The summed E-state index contributed by atoms with van der Waals surface area (Å²) >= 11 is 0. The number of ether oxygens (including phenoxy) is 2. The van der Waals surface area contributed by atoms with E-state index in [9.17, 15) is 14.0 Å². The van der Waals surface area contributed by atoms with Crippen molar-refractivity contribution in [1.29, 1.82) is 0 Å². The van der Waals surface area contributed by atoms with E-state index >= 15 is 8.78 Å². The van der Waals surface area contributed by atoms with E-state index in [1.807, 2.05) is 0 Å². The van der Waals surface area contributed by atoms with Gasteiger partial charge in [-0.3, -0.25) is 9.59 Å². The van der Waals surface area contributed by atoms with Crippen molar-refractivity contribution < 1.29 is 32.2 Å². The molecule has 40 heavy (non-hydrogen) atoms. The predicted molar refractivity (Wildman–Crippen MR) is 143 cm³/mol. The molecule has 2 aromatic carbocycles. The zero-order valence-corrected chi connectivity index (χ0v) is 21.3. The number of benzene rings is 2. The molecule has 2 amide bonds. The summed E-state index contributed by atoms with van der Waals surface area (Å²) in [5.41, 5.74) is 3.20. The molecule has 0 bridgehead atoms. The molecule has 0 atom stereocenters. The van der Waals surface area contributed by atoms with Crippen molar-refractivity contribution in [3.05, 3.63) is 131 Å². The maximum Gasteiger partial charge on any atom is 0.240 e. The van der Waals surface area contributed by atoms with E-state index in [4.69, 9.17) is 9.47 Å². The molecule has 202 valence electrons. The van der Waals surface area contributed by atoms with E-state index in [0.717, 1.165) is 12.1 Å². The van der Waals surface area contributed by atoms with Crippen LogP contribution >= 0.6 is 0 Å². The highest BCUT2D eigenvalue weighted by Gasteiger charge is 2.56. The molecule has 2 N–H and O–H groups in total. The summed E-state index contributed by atoms with van der Waals surface area (Å²) in [4.78, 5) is 25.7. The Labute approximate surface area is 228 Å². The average molecular weight is 545 g/mol. The van der Waals surface area contributed by atoms with Gasteiger partial charge in [0.15, 0.2) is 17.4 Å². The zero-order chi connectivity index (χ0) is 28.4. The third-order valence-electron chi connectivity index (χ3n) is 6.62. The number of nitrogens with one attached hydrogen (secondary N) is 2. The van der Waals surface area contributed by atoms with Gasteiger partial charge in [0.1, 0.15) is 22.8 Å². The van der Waals surface area contributed by atoms with Crippen molar-refractivity contribution in [3.63, 3.8) is 0 Å². The first-order chi connectivity index (χ1) is 19.2. The number of fused-ring (bicyclic) bond motifs is 1. The van der Waals surface area contributed by atoms with Crippen LogP contribution in [0.2, 0.25) is 0 Å². The molecule has 0 spiro atoms. The first-order valence-electron chi connectivity index (χ1n) is 12.3. The molecule has 3 aliphatic rings. The van der Waals surface area contributed by atoms with Crippen molar-refractivity contribution in [3.8, 4) is 5.75 Å². The summed E-state index contributed by atoms with van der Waals surface area (Å²) in [7, 11) is 1.52. The minimum atomic E-state index is -1.44. The van der Waals surface area contributed by atoms with Crippen LogP contribution in [0.5, 0.6) is 5.75 Å². The number of carbonyl (C=O) groups excluding carboxylic acids is 2. The third-order valence-corrected chi connectivity index (χ3v) is 6.62. The molecule has 2 aromatic rings. The Morgan fingerprint density at radius 2 is 1.73 bits per heavy atom. The highest BCUT2D eigenvalue weighted by molar-refractivity contribution is 6.16. The second-order valence-electron chi connectivity index (χ2n) is 9.29. The van der Waals surface area contributed by atoms with Gasteiger partial charge in [0, 0.05) is 23.4 Å². The van der Waals surface area contributed by atoms with Gasteiger partial charge >= 0.3 is 0 Å². The third kappa shape index (κ3) is 5.28. The SMILES string of the molecule is C=C1C=CC=C(Oc2cc(F)c(NC(=O)C3(C(=O)Nc4ccc(F)cc4)CC3)cc2F)C2=C=CC=C(OC)C=C12. The predicted octanol–water partition coefficient (Wildman–Crippen LogP) is 6.40. The number of hydrogen-bond donors (Lipinski definition) is 2. The Hall–Kier alpha value is -5.01. The quantitative estimate of drug-likeness (QED) is 0.312. The molecular formula is C31H23F3N2O4. The minimum Gasteiger partial charge on any atom is -0.497 e. The Morgan fingerprint density at radius 1 is 1.00 bits per heavy atom. The van der Waals surface area contributed by atoms with Crippen molar-refractivity contribution in [2.75, 3.05) is 17.7 Å². The van der Waals surface area contributed by atoms with Crippen molar-refractivity contribution >= 4 is 23.2 Å². The Morgan fingerprint density at radius 3 is 2.42 bits per heavy atom. The zero-order valence-electron chi connectivity index (χ0n) is 21.3. The first-order valence-corrected chi connectivity index (χ1v) is 12.3. The monoisotopic (exact) mass is 544 g/mol. The number of carbonyl (C=O) groups is 2. The highest BCUT2D eigenvalue weighted by atomic mass is 19.1. The normalized spacial score (nSPS) is 16.8. The molecule has 0 heterocycles.